The summed E-state index contributed by atoms with van der Waals surface area (Å²) in [5, 5.41) is 13.8. The number of carboxylic acid groups (broad SMARTS) is 1. The fourth-order valence-corrected chi connectivity index (χ4v) is 2.54. The fraction of sp³-hybridized carbons (Fsp3) is 0.308. The highest BCUT2D eigenvalue weighted by Crippen LogP contribution is 2.37. The summed E-state index contributed by atoms with van der Waals surface area (Å²) in [6.45, 7) is -0.304. The Morgan fingerprint density at radius 3 is 2.90 bits per heavy atom. The molecule has 1 amide bonds. The van der Waals surface area contributed by atoms with Gasteiger partial charge < -0.3 is 14.6 Å². The number of hydrazone groups is 1. The minimum Gasteiger partial charge on any atom is -0.467 e. The summed E-state index contributed by atoms with van der Waals surface area (Å²) in [4.78, 5) is 23.1. The number of amides is 1. The summed E-state index contributed by atoms with van der Waals surface area (Å²) in [5.41, 5.74) is 0.533. The lowest BCUT2D eigenvalue weighted by Crippen LogP contribution is -2.54. The smallest absolute Gasteiger partial charge is 0.430 e. The molecule has 7 heteroatoms. The Hall–Kier alpha value is -2.41. The number of esters is 1. The van der Waals surface area contributed by atoms with Crippen LogP contribution in [0, 0.1) is 0 Å². The van der Waals surface area contributed by atoms with Gasteiger partial charge in [0, 0.05) is 12.0 Å². The lowest BCUT2D eigenvalue weighted by Gasteiger charge is -2.33. The van der Waals surface area contributed by atoms with Crippen LogP contribution in [-0.2, 0) is 20.7 Å². The van der Waals surface area contributed by atoms with Gasteiger partial charge in [0.05, 0.1) is 7.11 Å². The predicted molar refractivity (Wildman–Crippen MR) is 67.2 cm³/mol. The SMILES string of the molecule is COC(=O)C12Cc3ccccc3C1=NN(C(=O)O)CO2. The van der Waals surface area contributed by atoms with Crippen LogP contribution in [0.5, 0.6) is 0 Å². The second-order valence-corrected chi connectivity index (χ2v) is 4.56. The van der Waals surface area contributed by atoms with Crippen LogP contribution < -0.4 is 0 Å². The second kappa shape index (κ2) is 4.31. The zero-order valence-electron chi connectivity index (χ0n) is 10.7. The van der Waals surface area contributed by atoms with Crippen molar-refractivity contribution in [1.82, 2.24) is 5.01 Å². The van der Waals surface area contributed by atoms with E-state index in [9.17, 15) is 9.59 Å². The Labute approximate surface area is 114 Å². The highest BCUT2D eigenvalue weighted by Gasteiger charge is 2.54. The molecule has 0 fully saturated rings. The Balaban J connectivity index is 2.15. The normalized spacial score (nSPS) is 23.6. The molecule has 1 unspecified atom stereocenters. The highest BCUT2D eigenvalue weighted by atomic mass is 16.6. The maximum atomic E-state index is 12.1. The number of ether oxygens (including phenoxy) is 2. The van der Waals surface area contributed by atoms with Gasteiger partial charge in [0.25, 0.3) is 0 Å². The first kappa shape index (κ1) is 12.6. The van der Waals surface area contributed by atoms with E-state index in [2.05, 4.69) is 5.10 Å². The first-order valence-corrected chi connectivity index (χ1v) is 5.98. The second-order valence-electron chi connectivity index (χ2n) is 4.56. The molecule has 0 bridgehead atoms. The summed E-state index contributed by atoms with van der Waals surface area (Å²) in [6.07, 6.45) is -0.942. The lowest BCUT2D eigenvalue weighted by atomic mass is 9.97. The Kier molecular flexibility index (Phi) is 2.72. The molecule has 1 aromatic rings. The Bertz CT molecular complexity index is 627. The van der Waals surface area contributed by atoms with Gasteiger partial charge in [-0.2, -0.15) is 10.1 Å². The molecule has 1 aromatic carbocycles. The molecule has 0 radical (unpaired) electrons. The van der Waals surface area contributed by atoms with Crippen molar-refractivity contribution in [3.63, 3.8) is 0 Å². The number of benzene rings is 1. The van der Waals surface area contributed by atoms with Crippen molar-refractivity contribution >= 4 is 17.8 Å². The van der Waals surface area contributed by atoms with Gasteiger partial charge >= 0.3 is 12.1 Å². The van der Waals surface area contributed by atoms with Gasteiger partial charge in [-0.15, -0.1) is 0 Å². The number of hydrogen-bond donors (Lipinski definition) is 1. The summed E-state index contributed by atoms with van der Waals surface area (Å²) >= 11 is 0. The van der Waals surface area contributed by atoms with Gasteiger partial charge in [-0.05, 0) is 5.56 Å². The highest BCUT2D eigenvalue weighted by molar-refractivity contribution is 6.22. The number of carbonyl (C=O) groups excluding carboxylic acids is 1. The molecule has 1 aliphatic carbocycles. The standard InChI is InChI=1S/C13H12N2O5/c1-19-11(16)13-6-8-4-2-3-5-9(8)10(13)14-15(7-20-13)12(17)18/h2-5H,6-7H2,1H3,(H,17,18). The molecular formula is C13H12N2O5. The predicted octanol–water partition coefficient (Wildman–Crippen LogP) is 0.826. The summed E-state index contributed by atoms with van der Waals surface area (Å²) in [6, 6.07) is 7.29. The van der Waals surface area contributed by atoms with E-state index in [0.29, 0.717) is 12.0 Å². The fourth-order valence-electron chi connectivity index (χ4n) is 2.54. The molecule has 1 atom stereocenters. The monoisotopic (exact) mass is 276 g/mol. The number of nitrogens with zero attached hydrogens (tertiary/aromatic N) is 2. The first-order valence-electron chi connectivity index (χ1n) is 5.98. The van der Waals surface area contributed by atoms with Gasteiger partial charge in [0.2, 0.25) is 5.60 Å². The third-order valence-electron chi connectivity index (χ3n) is 3.48. The Morgan fingerprint density at radius 2 is 2.20 bits per heavy atom. The van der Waals surface area contributed by atoms with Crippen LogP contribution in [0.15, 0.2) is 29.4 Å². The van der Waals surface area contributed by atoms with Crippen LogP contribution in [0.1, 0.15) is 11.1 Å². The van der Waals surface area contributed by atoms with Crippen molar-refractivity contribution in [3.05, 3.63) is 35.4 Å². The molecule has 1 N–H and O–H groups in total. The maximum Gasteiger partial charge on any atom is 0.430 e. The number of rotatable bonds is 1. The molecule has 0 saturated heterocycles. The van der Waals surface area contributed by atoms with E-state index in [-0.39, 0.29) is 12.4 Å². The zero-order chi connectivity index (χ0) is 14.3. The molecular weight excluding hydrogens is 264 g/mol. The molecule has 104 valence electrons. The molecule has 0 aromatic heterocycles. The number of hydrogen-bond acceptors (Lipinski definition) is 5. The average Bonchev–Trinajstić information content (AvgIpc) is 2.80. The summed E-state index contributed by atoms with van der Waals surface area (Å²) in [7, 11) is 1.27. The lowest BCUT2D eigenvalue weighted by molar-refractivity contribution is -0.166. The zero-order valence-corrected chi connectivity index (χ0v) is 10.7. The van der Waals surface area contributed by atoms with Crippen LogP contribution in [0.25, 0.3) is 0 Å². The van der Waals surface area contributed by atoms with E-state index in [1.807, 2.05) is 12.1 Å². The van der Waals surface area contributed by atoms with Crippen molar-refractivity contribution in [2.45, 2.75) is 12.0 Å². The maximum absolute atomic E-state index is 12.1. The van der Waals surface area contributed by atoms with Crippen LogP contribution in [0.4, 0.5) is 4.79 Å². The minimum absolute atomic E-state index is 0.286. The van der Waals surface area contributed by atoms with Crippen molar-refractivity contribution in [2.75, 3.05) is 13.8 Å². The molecule has 0 spiro atoms. The van der Waals surface area contributed by atoms with Gasteiger partial charge in [-0.1, -0.05) is 24.3 Å². The average molecular weight is 276 g/mol. The van der Waals surface area contributed by atoms with Crippen molar-refractivity contribution in [2.24, 2.45) is 5.10 Å². The van der Waals surface area contributed by atoms with Gasteiger partial charge in [-0.3, -0.25) is 0 Å². The number of fused-ring (bicyclic) bond motifs is 3. The van der Waals surface area contributed by atoms with E-state index in [1.165, 1.54) is 7.11 Å². The number of carbonyl (C=O) groups is 2. The number of methoxy groups -OCH3 is 1. The van der Waals surface area contributed by atoms with Crippen molar-refractivity contribution < 1.29 is 24.2 Å². The molecule has 3 rings (SSSR count). The van der Waals surface area contributed by atoms with E-state index in [1.54, 1.807) is 12.1 Å². The summed E-state index contributed by atoms with van der Waals surface area (Å²) < 4.78 is 10.3. The largest absolute Gasteiger partial charge is 0.467 e. The van der Waals surface area contributed by atoms with Crippen LogP contribution in [0.2, 0.25) is 0 Å². The third-order valence-corrected chi connectivity index (χ3v) is 3.48. The molecule has 1 heterocycles. The summed E-state index contributed by atoms with van der Waals surface area (Å²) in [5.74, 6) is -0.572. The molecule has 2 aliphatic rings. The van der Waals surface area contributed by atoms with Crippen molar-refractivity contribution in [3.8, 4) is 0 Å². The topological polar surface area (TPSA) is 88.4 Å². The quantitative estimate of drug-likeness (QED) is 0.767. The van der Waals surface area contributed by atoms with Gasteiger partial charge in [0.15, 0.2) is 0 Å². The van der Waals surface area contributed by atoms with E-state index < -0.39 is 17.7 Å². The van der Waals surface area contributed by atoms with Crippen molar-refractivity contribution in [1.29, 1.82) is 0 Å². The minimum atomic E-state index is -1.34. The molecule has 1 aliphatic heterocycles. The van der Waals surface area contributed by atoms with Crippen LogP contribution in [0.3, 0.4) is 0 Å². The first-order chi connectivity index (χ1) is 9.58. The molecule has 20 heavy (non-hydrogen) atoms. The van der Waals surface area contributed by atoms with Crippen LogP contribution >= 0.6 is 0 Å². The van der Waals surface area contributed by atoms with Gasteiger partial charge in [0.1, 0.15) is 12.4 Å². The third kappa shape index (κ3) is 1.60. The van der Waals surface area contributed by atoms with E-state index >= 15 is 0 Å². The van der Waals surface area contributed by atoms with E-state index in [0.717, 1.165) is 10.6 Å². The van der Waals surface area contributed by atoms with Gasteiger partial charge in [-0.25, -0.2) is 9.59 Å². The molecule has 0 saturated carbocycles. The van der Waals surface area contributed by atoms with Crippen LogP contribution in [-0.4, -0.2) is 47.3 Å². The van der Waals surface area contributed by atoms with E-state index in [4.69, 9.17) is 14.6 Å². The molecule has 7 nitrogen and oxygen atoms in total. The Morgan fingerprint density at radius 1 is 1.45 bits per heavy atom.